The third-order valence-electron chi connectivity index (χ3n) is 5.96. The monoisotopic (exact) mass is 489 g/mol. The SMILES string of the molecule is N#Cc1c(N2CCN(C(=O)c3ccc(Cl)s3)CC2)c2cccnc2n(Cc2ccccc2)c1=O. The maximum atomic E-state index is 13.4. The van der Waals surface area contributed by atoms with E-state index in [2.05, 4.69) is 11.1 Å². The molecular formula is C25H20ClN5O2S. The zero-order valence-electron chi connectivity index (χ0n) is 18.1. The fraction of sp³-hybridized carbons (Fsp3) is 0.200. The fourth-order valence-corrected chi connectivity index (χ4v) is 5.34. The number of nitrogens with zero attached hydrogens (tertiary/aromatic N) is 5. The van der Waals surface area contributed by atoms with Crippen LogP contribution >= 0.6 is 22.9 Å². The molecule has 0 unspecified atom stereocenters. The van der Waals surface area contributed by atoms with Crippen LogP contribution in [0.5, 0.6) is 0 Å². The molecule has 4 aromatic rings. The van der Waals surface area contributed by atoms with Gasteiger partial charge in [0, 0.05) is 37.8 Å². The number of pyridine rings is 2. The maximum Gasteiger partial charge on any atom is 0.272 e. The number of carbonyl (C=O) groups excluding carboxylic acids is 1. The number of hydrogen-bond acceptors (Lipinski definition) is 6. The third-order valence-corrected chi connectivity index (χ3v) is 7.17. The topological polar surface area (TPSA) is 82.2 Å². The maximum absolute atomic E-state index is 13.4. The molecule has 7 nitrogen and oxygen atoms in total. The molecule has 170 valence electrons. The lowest BCUT2D eigenvalue weighted by Crippen LogP contribution is -2.49. The molecule has 0 atom stereocenters. The van der Waals surface area contributed by atoms with Crippen molar-refractivity contribution in [3.05, 3.63) is 91.5 Å². The van der Waals surface area contributed by atoms with Crippen LogP contribution in [0.25, 0.3) is 11.0 Å². The minimum Gasteiger partial charge on any atom is -0.366 e. The summed E-state index contributed by atoms with van der Waals surface area (Å²) >= 11 is 7.25. The number of piperazine rings is 1. The Bertz CT molecular complexity index is 1470. The zero-order chi connectivity index (χ0) is 23.7. The van der Waals surface area contributed by atoms with E-state index in [4.69, 9.17) is 11.6 Å². The summed E-state index contributed by atoms with van der Waals surface area (Å²) in [5.41, 5.74) is 1.82. The number of carbonyl (C=O) groups is 1. The Morgan fingerprint density at radius 3 is 2.50 bits per heavy atom. The summed E-state index contributed by atoms with van der Waals surface area (Å²) in [4.78, 5) is 35.2. The molecule has 1 aromatic carbocycles. The van der Waals surface area contributed by atoms with Gasteiger partial charge >= 0.3 is 0 Å². The van der Waals surface area contributed by atoms with E-state index in [1.54, 1.807) is 27.8 Å². The number of rotatable bonds is 4. The van der Waals surface area contributed by atoms with Gasteiger partial charge in [0.05, 0.1) is 21.4 Å². The number of thiophene rings is 1. The van der Waals surface area contributed by atoms with Gasteiger partial charge in [0.25, 0.3) is 11.5 Å². The Hall–Kier alpha value is -3.67. The predicted molar refractivity (Wildman–Crippen MR) is 134 cm³/mol. The molecule has 0 saturated carbocycles. The summed E-state index contributed by atoms with van der Waals surface area (Å²) in [6.07, 6.45) is 1.65. The van der Waals surface area contributed by atoms with Crippen molar-refractivity contribution in [3.8, 4) is 6.07 Å². The average Bonchev–Trinajstić information content (AvgIpc) is 3.32. The molecule has 1 saturated heterocycles. The molecule has 34 heavy (non-hydrogen) atoms. The van der Waals surface area contributed by atoms with Gasteiger partial charge < -0.3 is 9.80 Å². The molecule has 0 bridgehead atoms. The van der Waals surface area contributed by atoms with Crippen LogP contribution in [0.4, 0.5) is 5.69 Å². The molecule has 0 radical (unpaired) electrons. The number of hydrogen-bond donors (Lipinski definition) is 0. The van der Waals surface area contributed by atoms with E-state index in [1.165, 1.54) is 11.3 Å². The van der Waals surface area contributed by atoms with Gasteiger partial charge in [0.15, 0.2) is 0 Å². The number of amides is 1. The van der Waals surface area contributed by atoms with E-state index in [0.29, 0.717) is 53.3 Å². The summed E-state index contributed by atoms with van der Waals surface area (Å²) in [5, 5.41) is 10.7. The molecule has 3 aromatic heterocycles. The van der Waals surface area contributed by atoms with Crippen molar-refractivity contribution in [2.75, 3.05) is 31.1 Å². The van der Waals surface area contributed by atoms with Crippen molar-refractivity contribution in [2.45, 2.75) is 6.54 Å². The number of benzene rings is 1. The Morgan fingerprint density at radius 1 is 1.06 bits per heavy atom. The van der Waals surface area contributed by atoms with Crippen LogP contribution < -0.4 is 10.5 Å². The van der Waals surface area contributed by atoms with Crippen LogP contribution in [0.1, 0.15) is 20.8 Å². The quantitative estimate of drug-likeness (QED) is 0.433. The summed E-state index contributed by atoms with van der Waals surface area (Å²) in [6, 6.07) is 18.9. The van der Waals surface area contributed by atoms with E-state index >= 15 is 0 Å². The van der Waals surface area contributed by atoms with Gasteiger partial charge in [-0.05, 0) is 29.8 Å². The molecule has 4 heterocycles. The van der Waals surface area contributed by atoms with Crippen LogP contribution in [-0.2, 0) is 6.54 Å². The highest BCUT2D eigenvalue weighted by molar-refractivity contribution is 7.17. The van der Waals surface area contributed by atoms with Crippen LogP contribution in [0.2, 0.25) is 4.34 Å². The van der Waals surface area contributed by atoms with Gasteiger partial charge in [0.2, 0.25) is 0 Å². The Kier molecular flexibility index (Phi) is 6.05. The van der Waals surface area contributed by atoms with Crippen LogP contribution in [0, 0.1) is 11.3 Å². The van der Waals surface area contributed by atoms with Crippen LogP contribution in [0.15, 0.2) is 65.6 Å². The highest BCUT2D eigenvalue weighted by Gasteiger charge is 2.28. The van der Waals surface area contributed by atoms with Crippen LogP contribution in [0.3, 0.4) is 0 Å². The molecule has 5 rings (SSSR count). The molecule has 0 N–H and O–H groups in total. The van der Waals surface area contributed by atoms with Crippen molar-refractivity contribution in [1.82, 2.24) is 14.5 Å². The molecular weight excluding hydrogens is 470 g/mol. The lowest BCUT2D eigenvalue weighted by Gasteiger charge is -2.36. The van der Waals surface area contributed by atoms with Gasteiger partial charge in [0.1, 0.15) is 17.3 Å². The molecule has 1 aliphatic heterocycles. The summed E-state index contributed by atoms with van der Waals surface area (Å²) in [6.45, 7) is 2.30. The molecule has 1 aliphatic rings. The normalized spacial score (nSPS) is 13.8. The average molecular weight is 490 g/mol. The second kappa shape index (κ2) is 9.29. The predicted octanol–water partition coefficient (Wildman–Crippen LogP) is 3.99. The lowest BCUT2D eigenvalue weighted by atomic mass is 10.1. The van der Waals surface area contributed by atoms with Gasteiger partial charge in [-0.25, -0.2) is 4.98 Å². The first-order chi connectivity index (χ1) is 16.6. The summed E-state index contributed by atoms with van der Waals surface area (Å²) in [7, 11) is 0. The van der Waals surface area contributed by atoms with Crippen molar-refractivity contribution >= 4 is 45.6 Å². The van der Waals surface area contributed by atoms with Crippen molar-refractivity contribution in [2.24, 2.45) is 0 Å². The molecule has 1 amide bonds. The third kappa shape index (κ3) is 4.04. The Labute approximate surface area is 205 Å². The van der Waals surface area contributed by atoms with Gasteiger partial charge in [-0.3, -0.25) is 14.2 Å². The second-order valence-corrected chi connectivity index (χ2v) is 9.68. The highest BCUT2D eigenvalue weighted by Crippen LogP contribution is 2.30. The first-order valence-electron chi connectivity index (χ1n) is 10.8. The largest absolute Gasteiger partial charge is 0.366 e. The number of halogens is 1. The number of nitriles is 1. The fourth-order valence-electron chi connectivity index (χ4n) is 4.32. The summed E-state index contributed by atoms with van der Waals surface area (Å²) < 4.78 is 2.14. The van der Waals surface area contributed by atoms with Crippen LogP contribution in [-0.4, -0.2) is 46.5 Å². The smallest absolute Gasteiger partial charge is 0.272 e. The first kappa shape index (κ1) is 22.1. The van der Waals surface area contributed by atoms with E-state index in [9.17, 15) is 14.9 Å². The summed E-state index contributed by atoms with van der Waals surface area (Å²) in [5.74, 6) is -0.0538. The van der Waals surface area contributed by atoms with E-state index < -0.39 is 0 Å². The number of anilines is 1. The molecule has 1 fully saturated rings. The van der Waals surface area contributed by atoms with Gasteiger partial charge in [-0.1, -0.05) is 41.9 Å². The zero-order valence-corrected chi connectivity index (χ0v) is 19.7. The number of aromatic nitrogens is 2. The van der Waals surface area contributed by atoms with Gasteiger partial charge in [-0.2, -0.15) is 5.26 Å². The van der Waals surface area contributed by atoms with Crippen molar-refractivity contribution < 1.29 is 4.79 Å². The first-order valence-corrected chi connectivity index (χ1v) is 12.0. The number of fused-ring (bicyclic) bond motifs is 1. The standard InChI is InChI=1S/C25H20ClN5O2S/c26-21-9-8-20(34-21)25(33)30-13-11-29(12-14-30)22-18-7-4-10-28-23(18)31(24(32)19(22)15-27)16-17-5-2-1-3-6-17/h1-10H,11-14,16H2. The second-order valence-electron chi connectivity index (χ2n) is 7.97. The highest BCUT2D eigenvalue weighted by atomic mass is 35.5. The molecule has 0 aliphatic carbocycles. The Balaban J connectivity index is 1.50. The molecule has 9 heteroatoms. The minimum atomic E-state index is -0.362. The van der Waals surface area contributed by atoms with Gasteiger partial charge in [-0.15, -0.1) is 11.3 Å². The minimum absolute atomic E-state index is 0.0538. The van der Waals surface area contributed by atoms with E-state index in [1.807, 2.05) is 47.4 Å². The van der Waals surface area contributed by atoms with E-state index in [-0.39, 0.29) is 17.0 Å². The lowest BCUT2D eigenvalue weighted by molar-refractivity contribution is 0.0751. The Morgan fingerprint density at radius 2 is 1.82 bits per heavy atom. The molecule has 0 spiro atoms. The van der Waals surface area contributed by atoms with E-state index in [0.717, 1.165) is 10.9 Å². The van der Waals surface area contributed by atoms with Crippen molar-refractivity contribution in [1.29, 1.82) is 5.26 Å². The van der Waals surface area contributed by atoms with Crippen molar-refractivity contribution in [3.63, 3.8) is 0 Å².